The van der Waals surface area contributed by atoms with Crippen LogP contribution in [0.4, 0.5) is 0 Å². The lowest BCUT2D eigenvalue weighted by molar-refractivity contribution is 0.0707. The number of rotatable bonds is 10. The molecule has 0 aliphatic rings. The van der Waals surface area contributed by atoms with Gasteiger partial charge in [-0.25, -0.2) is 15.0 Å². The van der Waals surface area contributed by atoms with Gasteiger partial charge in [0, 0.05) is 39.7 Å². The minimum absolute atomic E-state index is 0.383. The van der Waals surface area contributed by atoms with Crippen LogP contribution in [0.25, 0.3) is 67.2 Å². The Balaban J connectivity index is 1.46. The smallest absolute Gasteiger partial charge is 0.456 e. The minimum Gasteiger partial charge on any atom is -0.456 e. The van der Waals surface area contributed by atoms with E-state index in [-0.39, 0.29) is 5.60 Å². The van der Waals surface area contributed by atoms with Gasteiger partial charge in [0.1, 0.15) is 11.2 Å². The number of fused-ring (bicyclic) bond motifs is 3. The fourth-order valence-electron chi connectivity index (χ4n) is 5.80. The molecule has 0 N–H and O–H groups in total. The molecule has 0 aliphatic carbocycles. The number of furan rings is 1. The zero-order valence-electron chi connectivity index (χ0n) is 27.1. The van der Waals surface area contributed by atoms with E-state index in [1.54, 1.807) is 0 Å². The molecule has 47 heavy (non-hydrogen) atoms. The van der Waals surface area contributed by atoms with Gasteiger partial charge in [-0.1, -0.05) is 110 Å². The van der Waals surface area contributed by atoms with Crippen molar-refractivity contribution in [1.82, 2.24) is 15.0 Å². The van der Waals surface area contributed by atoms with Gasteiger partial charge >= 0.3 is 7.12 Å². The third-order valence-corrected chi connectivity index (χ3v) is 8.54. The van der Waals surface area contributed by atoms with Crippen LogP contribution in [0.15, 0.2) is 126 Å². The molecule has 7 aromatic rings. The lowest BCUT2D eigenvalue weighted by Gasteiger charge is -2.28. The SMILES string of the molecule is CCOB(OC(C)(C)CC)c1cccc2oc3cccc(-c4nc(-c5ccccc5)nc(-c5cccc(-c6ccccc6)c5)n4)c3c12. The van der Waals surface area contributed by atoms with Gasteiger partial charge in [-0.05, 0) is 62.0 Å². The Bertz CT molecular complexity index is 2160. The molecular weight excluding hydrogens is 581 g/mol. The van der Waals surface area contributed by atoms with Crippen LogP contribution in [0, 0.1) is 0 Å². The molecule has 5 aromatic carbocycles. The molecule has 7 heteroatoms. The minimum atomic E-state index is -0.581. The van der Waals surface area contributed by atoms with E-state index in [0.717, 1.165) is 61.6 Å². The number of hydrogen-bond donors (Lipinski definition) is 0. The molecule has 0 amide bonds. The van der Waals surface area contributed by atoms with Crippen LogP contribution in [0.2, 0.25) is 0 Å². The molecule has 0 saturated carbocycles. The lowest BCUT2D eigenvalue weighted by atomic mass is 9.74. The van der Waals surface area contributed by atoms with E-state index < -0.39 is 7.12 Å². The predicted molar refractivity (Wildman–Crippen MR) is 191 cm³/mol. The van der Waals surface area contributed by atoms with Crippen molar-refractivity contribution in [2.75, 3.05) is 6.61 Å². The average Bonchev–Trinajstić information content (AvgIpc) is 3.51. The predicted octanol–water partition coefficient (Wildman–Crippen LogP) is 9.38. The van der Waals surface area contributed by atoms with Crippen LogP contribution in [0.1, 0.15) is 34.1 Å². The normalized spacial score (nSPS) is 11.7. The van der Waals surface area contributed by atoms with Crippen molar-refractivity contribution < 1.29 is 13.7 Å². The van der Waals surface area contributed by atoms with E-state index in [0.29, 0.717) is 24.1 Å². The van der Waals surface area contributed by atoms with E-state index in [2.05, 4.69) is 57.2 Å². The van der Waals surface area contributed by atoms with E-state index in [9.17, 15) is 0 Å². The molecule has 7 rings (SSSR count). The van der Waals surface area contributed by atoms with Crippen LogP contribution >= 0.6 is 0 Å². The number of nitrogens with zero attached hydrogens (tertiary/aromatic N) is 3. The summed E-state index contributed by atoms with van der Waals surface area (Å²) < 4.78 is 19.3. The Hall–Kier alpha value is -5.11. The third-order valence-electron chi connectivity index (χ3n) is 8.54. The Kier molecular flexibility index (Phi) is 8.42. The number of benzene rings is 5. The molecule has 0 unspecified atom stereocenters. The van der Waals surface area contributed by atoms with Crippen LogP contribution < -0.4 is 5.46 Å². The van der Waals surface area contributed by atoms with Crippen LogP contribution in [-0.4, -0.2) is 34.3 Å². The summed E-state index contributed by atoms with van der Waals surface area (Å²) >= 11 is 0. The Labute approximate surface area is 275 Å². The average molecular weight is 618 g/mol. The van der Waals surface area contributed by atoms with Gasteiger partial charge in [0.25, 0.3) is 0 Å². The summed E-state index contributed by atoms with van der Waals surface area (Å²) in [7, 11) is -0.581. The van der Waals surface area contributed by atoms with Gasteiger partial charge < -0.3 is 13.7 Å². The van der Waals surface area contributed by atoms with Crippen molar-refractivity contribution in [2.45, 2.75) is 39.7 Å². The molecule has 0 saturated heterocycles. The Morgan fingerprint density at radius 2 is 1.17 bits per heavy atom. The molecule has 0 fully saturated rings. The van der Waals surface area contributed by atoms with E-state index in [1.165, 1.54) is 0 Å². The van der Waals surface area contributed by atoms with Crippen molar-refractivity contribution >= 4 is 34.5 Å². The van der Waals surface area contributed by atoms with Crippen molar-refractivity contribution in [3.8, 4) is 45.3 Å². The van der Waals surface area contributed by atoms with E-state index in [1.807, 2.05) is 91.9 Å². The molecular formula is C40H36BN3O3. The van der Waals surface area contributed by atoms with Crippen molar-refractivity contribution in [2.24, 2.45) is 0 Å². The fourth-order valence-corrected chi connectivity index (χ4v) is 5.80. The molecule has 0 spiro atoms. The number of hydrogen-bond acceptors (Lipinski definition) is 6. The lowest BCUT2D eigenvalue weighted by Crippen LogP contribution is -2.44. The first-order chi connectivity index (χ1) is 22.9. The van der Waals surface area contributed by atoms with Crippen molar-refractivity contribution in [3.05, 3.63) is 121 Å². The molecule has 0 aliphatic heterocycles. The summed E-state index contributed by atoms with van der Waals surface area (Å²) in [5.41, 5.74) is 6.90. The van der Waals surface area contributed by atoms with Crippen molar-refractivity contribution in [3.63, 3.8) is 0 Å². The quantitative estimate of drug-likeness (QED) is 0.143. The summed E-state index contributed by atoms with van der Waals surface area (Å²) in [6, 6.07) is 40.8. The number of aromatic nitrogens is 3. The summed E-state index contributed by atoms with van der Waals surface area (Å²) in [4.78, 5) is 15.2. The fraction of sp³-hybridized carbons (Fsp3) is 0.175. The maximum Gasteiger partial charge on any atom is 0.495 e. The zero-order chi connectivity index (χ0) is 32.4. The highest BCUT2D eigenvalue weighted by molar-refractivity contribution is 6.65. The maximum absolute atomic E-state index is 6.58. The first-order valence-corrected chi connectivity index (χ1v) is 16.2. The largest absolute Gasteiger partial charge is 0.495 e. The van der Waals surface area contributed by atoms with Crippen LogP contribution in [-0.2, 0) is 9.31 Å². The van der Waals surface area contributed by atoms with Gasteiger partial charge in [-0.2, -0.15) is 0 Å². The van der Waals surface area contributed by atoms with Gasteiger partial charge in [-0.3, -0.25) is 0 Å². The highest BCUT2D eigenvalue weighted by Crippen LogP contribution is 2.37. The second-order valence-corrected chi connectivity index (χ2v) is 12.1. The second kappa shape index (κ2) is 13.0. The third kappa shape index (κ3) is 6.20. The van der Waals surface area contributed by atoms with Gasteiger partial charge in [0.15, 0.2) is 17.5 Å². The maximum atomic E-state index is 6.58. The summed E-state index contributed by atoms with van der Waals surface area (Å²) in [5, 5.41) is 1.84. The standard InChI is InChI=1S/C40H36BN3O3/c1-5-40(3,4)47-41(45-6-2)32-23-15-25-34-36(32)35-31(22-14-24-33(35)46-34)39-43-37(28-18-11-8-12-19-28)42-38(44-39)30-21-13-20-29(26-30)27-16-9-7-10-17-27/h7-26H,5-6H2,1-4H3. The van der Waals surface area contributed by atoms with Crippen molar-refractivity contribution in [1.29, 1.82) is 0 Å². The van der Waals surface area contributed by atoms with Gasteiger partial charge in [0.05, 0.1) is 0 Å². The van der Waals surface area contributed by atoms with E-state index in [4.69, 9.17) is 28.7 Å². The molecule has 232 valence electrons. The van der Waals surface area contributed by atoms with E-state index >= 15 is 0 Å². The molecule has 0 radical (unpaired) electrons. The van der Waals surface area contributed by atoms with Gasteiger partial charge in [-0.15, -0.1) is 0 Å². The van der Waals surface area contributed by atoms with Crippen LogP contribution in [0.3, 0.4) is 0 Å². The molecule has 2 heterocycles. The first kappa shape index (κ1) is 30.5. The molecule has 0 bridgehead atoms. The molecule has 2 aromatic heterocycles. The highest BCUT2D eigenvalue weighted by atomic mass is 16.6. The molecule has 6 nitrogen and oxygen atoms in total. The summed E-state index contributed by atoms with van der Waals surface area (Å²) in [5.74, 6) is 1.75. The zero-order valence-corrected chi connectivity index (χ0v) is 27.1. The van der Waals surface area contributed by atoms with Crippen LogP contribution in [0.5, 0.6) is 0 Å². The monoisotopic (exact) mass is 617 g/mol. The first-order valence-electron chi connectivity index (χ1n) is 16.2. The summed E-state index contributed by atoms with van der Waals surface area (Å²) in [6.07, 6.45) is 0.839. The second-order valence-electron chi connectivity index (χ2n) is 12.1. The molecule has 0 atom stereocenters. The Morgan fingerprint density at radius 1 is 0.596 bits per heavy atom. The topological polar surface area (TPSA) is 70.3 Å². The van der Waals surface area contributed by atoms with Gasteiger partial charge in [0.2, 0.25) is 0 Å². The Morgan fingerprint density at radius 3 is 1.87 bits per heavy atom. The summed E-state index contributed by atoms with van der Waals surface area (Å²) in [6.45, 7) is 8.78. The highest BCUT2D eigenvalue weighted by Gasteiger charge is 2.32.